The Balaban J connectivity index is 2.14. The third-order valence-electron chi connectivity index (χ3n) is 2.76. The van der Waals surface area contributed by atoms with Gasteiger partial charge in [0.25, 0.3) is 0 Å². The average Bonchev–Trinajstić information content (AvgIpc) is 2.41. The zero-order chi connectivity index (χ0) is 14.8. The van der Waals surface area contributed by atoms with Crippen molar-refractivity contribution in [2.24, 2.45) is 0 Å². The summed E-state index contributed by atoms with van der Waals surface area (Å²) in [4.78, 5) is 13.8. The molecule has 1 aromatic carbocycles. The molecule has 0 aliphatic rings. The minimum Gasteiger partial charge on any atom is -0.383 e. The lowest BCUT2D eigenvalue weighted by Crippen LogP contribution is -2.32. The second kappa shape index (κ2) is 9.58. The van der Waals surface area contributed by atoms with Gasteiger partial charge in [-0.3, -0.25) is 0 Å². The van der Waals surface area contributed by atoms with Crippen LogP contribution in [0.25, 0.3) is 0 Å². The molecule has 0 saturated heterocycles. The number of hydrogen-bond acceptors (Lipinski definition) is 3. The quantitative estimate of drug-likeness (QED) is 0.725. The largest absolute Gasteiger partial charge is 0.383 e. The molecule has 0 heterocycles. The summed E-state index contributed by atoms with van der Waals surface area (Å²) in [6.45, 7) is 3.16. The number of methoxy groups -OCH3 is 1. The fourth-order valence-electron chi connectivity index (χ4n) is 1.65. The molecule has 6 heteroatoms. The van der Waals surface area contributed by atoms with Crippen molar-refractivity contribution < 1.29 is 9.53 Å². The van der Waals surface area contributed by atoms with Crippen molar-refractivity contribution in [1.82, 2.24) is 10.2 Å². The van der Waals surface area contributed by atoms with E-state index in [1.165, 1.54) is 0 Å². The monoisotopic (exact) mass is 299 g/mol. The number of hydrogen-bond donors (Lipinski definition) is 2. The Morgan fingerprint density at radius 1 is 1.40 bits per heavy atom. The van der Waals surface area contributed by atoms with Crippen molar-refractivity contribution >= 4 is 23.3 Å². The summed E-state index contributed by atoms with van der Waals surface area (Å²) in [7, 11) is 3.72. The molecule has 2 N–H and O–H groups in total. The van der Waals surface area contributed by atoms with Crippen LogP contribution in [0, 0.1) is 0 Å². The molecular weight excluding hydrogens is 278 g/mol. The maximum atomic E-state index is 11.6. The van der Waals surface area contributed by atoms with Gasteiger partial charge in [-0.2, -0.15) is 0 Å². The second-order valence-corrected chi connectivity index (χ2v) is 4.98. The van der Waals surface area contributed by atoms with Crippen LogP contribution < -0.4 is 10.6 Å². The van der Waals surface area contributed by atoms with Crippen molar-refractivity contribution in [2.45, 2.75) is 6.42 Å². The molecule has 0 unspecified atom stereocenters. The molecule has 0 bridgehead atoms. The zero-order valence-corrected chi connectivity index (χ0v) is 12.7. The summed E-state index contributed by atoms with van der Waals surface area (Å²) in [5, 5.41) is 6.15. The van der Waals surface area contributed by atoms with E-state index in [1.54, 1.807) is 31.4 Å². The van der Waals surface area contributed by atoms with Crippen molar-refractivity contribution in [1.29, 1.82) is 0 Å². The molecule has 1 rings (SSSR count). The van der Waals surface area contributed by atoms with Gasteiger partial charge in [0.2, 0.25) is 0 Å². The van der Waals surface area contributed by atoms with Crippen LogP contribution in [0.4, 0.5) is 10.5 Å². The summed E-state index contributed by atoms with van der Waals surface area (Å²) in [6, 6.07) is 6.85. The van der Waals surface area contributed by atoms with E-state index in [0.717, 1.165) is 26.1 Å². The molecule has 20 heavy (non-hydrogen) atoms. The average molecular weight is 300 g/mol. The van der Waals surface area contributed by atoms with E-state index >= 15 is 0 Å². The Kier molecular flexibility index (Phi) is 8.02. The van der Waals surface area contributed by atoms with Crippen molar-refractivity contribution in [2.75, 3.05) is 45.7 Å². The summed E-state index contributed by atoms with van der Waals surface area (Å²) < 4.78 is 5.00. The minimum absolute atomic E-state index is 0.216. The van der Waals surface area contributed by atoms with Crippen LogP contribution in [0.2, 0.25) is 5.02 Å². The number of amides is 2. The number of nitrogens with one attached hydrogen (secondary N) is 2. The predicted octanol–water partition coefficient (Wildman–Crippen LogP) is 2.43. The highest BCUT2D eigenvalue weighted by Gasteiger charge is 2.02. The molecule has 0 saturated carbocycles. The van der Waals surface area contributed by atoms with Gasteiger partial charge in [-0.15, -0.1) is 0 Å². The van der Waals surface area contributed by atoms with Gasteiger partial charge in [-0.25, -0.2) is 4.79 Å². The Morgan fingerprint density at radius 2 is 2.20 bits per heavy atom. The lowest BCUT2D eigenvalue weighted by atomic mass is 10.3. The van der Waals surface area contributed by atoms with Crippen LogP contribution >= 0.6 is 11.6 Å². The number of nitrogens with zero attached hydrogens (tertiary/aromatic N) is 1. The topological polar surface area (TPSA) is 53.6 Å². The first kappa shape index (κ1) is 16.8. The van der Waals surface area contributed by atoms with Gasteiger partial charge < -0.3 is 20.3 Å². The van der Waals surface area contributed by atoms with Crippen LogP contribution in [0.3, 0.4) is 0 Å². The maximum Gasteiger partial charge on any atom is 0.319 e. The van der Waals surface area contributed by atoms with Gasteiger partial charge in [0.1, 0.15) is 0 Å². The Morgan fingerprint density at radius 3 is 2.90 bits per heavy atom. The number of likely N-dealkylation sites (N-methyl/N-ethyl adjacent to an activating group) is 1. The smallest absolute Gasteiger partial charge is 0.319 e. The number of rotatable bonds is 8. The van der Waals surface area contributed by atoms with Gasteiger partial charge >= 0.3 is 6.03 Å². The molecule has 5 nitrogen and oxygen atoms in total. The Bertz CT molecular complexity index is 415. The summed E-state index contributed by atoms with van der Waals surface area (Å²) in [5.41, 5.74) is 0.687. The highest BCUT2D eigenvalue weighted by atomic mass is 35.5. The number of carbonyl (C=O) groups excluding carboxylic acids is 1. The summed E-state index contributed by atoms with van der Waals surface area (Å²) in [5.74, 6) is 0. The van der Waals surface area contributed by atoms with Crippen LogP contribution in [-0.4, -0.2) is 51.3 Å². The number of urea groups is 1. The van der Waals surface area contributed by atoms with Crippen LogP contribution in [0.15, 0.2) is 24.3 Å². The van der Waals surface area contributed by atoms with E-state index in [0.29, 0.717) is 17.3 Å². The molecule has 0 atom stereocenters. The lowest BCUT2D eigenvalue weighted by molar-refractivity contribution is 0.160. The highest BCUT2D eigenvalue weighted by molar-refractivity contribution is 6.30. The Labute approximate surface area is 125 Å². The fraction of sp³-hybridized carbons (Fsp3) is 0.500. The Hall–Kier alpha value is -1.30. The van der Waals surface area contributed by atoms with E-state index in [2.05, 4.69) is 15.5 Å². The molecular formula is C14H22ClN3O2. The minimum atomic E-state index is -0.216. The third kappa shape index (κ3) is 7.33. The molecule has 0 aliphatic heterocycles. The summed E-state index contributed by atoms with van der Waals surface area (Å²) >= 11 is 5.84. The van der Waals surface area contributed by atoms with Crippen molar-refractivity contribution in [3.8, 4) is 0 Å². The fourth-order valence-corrected chi connectivity index (χ4v) is 1.84. The standard InChI is InChI=1S/C14H22ClN3O2/c1-18(9-10-20-2)8-4-7-16-14(19)17-13-6-3-5-12(15)11-13/h3,5-6,11H,4,7-10H2,1-2H3,(H2,16,17,19). The first-order valence-corrected chi connectivity index (χ1v) is 6.97. The molecule has 1 aromatic rings. The molecule has 0 fully saturated rings. The van der Waals surface area contributed by atoms with Crippen molar-refractivity contribution in [3.05, 3.63) is 29.3 Å². The van der Waals surface area contributed by atoms with Crippen LogP contribution in [-0.2, 0) is 4.74 Å². The molecule has 112 valence electrons. The second-order valence-electron chi connectivity index (χ2n) is 4.54. The van der Waals surface area contributed by atoms with Gasteiger partial charge in [-0.05, 0) is 38.2 Å². The highest BCUT2D eigenvalue weighted by Crippen LogP contribution is 2.14. The van der Waals surface area contributed by atoms with Crippen LogP contribution in [0.5, 0.6) is 0 Å². The molecule has 0 spiro atoms. The van der Waals surface area contributed by atoms with Gasteiger partial charge in [0, 0.05) is 30.9 Å². The number of halogens is 1. The first-order chi connectivity index (χ1) is 9.61. The van der Waals surface area contributed by atoms with E-state index in [-0.39, 0.29) is 6.03 Å². The zero-order valence-electron chi connectivity index (χ0n) is 12.0. The number of benzene rings is 1. The van der Waals surface area contributed by atoms with E-state index < -0.39 is 0 Å². The third-order valence-corrected chi connectivity index (χ3v) is 3.00. The number of carbonyl (C=O) groups is 1. The van der Waals surface area contributed by atoms with E-state index in [4.69, 9.17) is 16.3 Å². The van der Waals surface area contributed by atoms with E-state index in [9.17, 15) is 4.79 Å². The van der Waals surface area contributed by atoms with E-state index in [1.807, 2.05) is 7.05 Å². The molecule has 2 amide bonds. The predicted molar refractivity (Wildman–Crippen MR) is 82.5 cm³/mol. The molecule has 0 aromatic heterocycles. The lowest BCUT2D eigenvalue weighted by Gasteiger charge is -2.16. The number of anilines is 1. The molecule has 0 aliphatic carbocycles. The normalized spacial score (nSPS) is 10.6. The first-order valence-electron chi connectivity index (χ1n) is 6.59. The SMILES string of the molecule is COCCN(C)CCCNC(=O)Nc1cccc(Cl)c1. The van der Waals surface area contributed by atoms with Gasteiger partial charge in [0.15, 0.2) is 0 Å². The van der Waals surface area contributed by atoms with Crippen LogP contribution in [0.1, 0.15) is 6.42 Å². The summed E-state index contributed by atoms with van der Waals surface area (Å²) in [6.07, 6.45) is 0.892. The molecule has 0 radical (unpaired) electrons. The van der Waals surface area contributed by atoms with Gasteiger partial charge in [0.05, 0.1) is 6.61 Å². The maximum absolute atomic E-state index is 11.6. The van der Waals surface area contributed by atoms with Crippen molar-refractivity contribution in [3.63, 3.8) is 0 Å². The number of ether oxygens (including phenoxy) is 1. The van der Waals surface area contributed by atoms with Gasteiger partial charge in [-0.1, -0.05) is 17.7 Å².